The molecular weight excluding hydrogens is 228 g/mol. The molecule has 90 valence electrons. The number of hydrogen-bond acceptors (Lipinski definition) is 2. The molecule has 1 N–H and O–H groups in total. The number of amides is 1. The van der Waals surface area contributed by atoms with E-state index in [1.807, 2.05) is 0 Å². The van der Waals surface area contributed by atoms with Crippen molar-refractivity contribution in [2.45, 2.75) is 25.0 Å². The van der Waals surface area contributed by atoms with E-state index in [2.05, 4.69) is 0 Å². The first kappa shape index (κ1) is 10.7. The van der Waals surface area contributed by atoms with E-state index in [-0.39, 0.29) is 18.5 Å². The van der Waals surface area contributed by atoms with Crippen molar-refractivity contribution < 1.29 is 18.7 Å². The van der Waals surface area contributed by atoms with Crippen LogP contribution in [0.15, 0.2) is 12.1 Å². The van der Waals surface area contributed by atoms with Gasteiger partial charge in [0.1, 0.15) is 0 Å². The number of benzene rings is 1. The quantitative estimate of drug-likeness (QED) is 0.748. The Morgan fingerprint density at radius 2 is 1.88 bits per heavy atom. The Morgan fingerprint density at radius 3 is 2.59 bits per heavy atom. The molecule has 0 saturated carbocycles. The smallest absolute Gasteiger partial charge is 0.223 e. The molecule has 2 atom stereocenters. The maximum atomic E-state index is 13.2. The molecule has 2 aliphatic heterocycles. The van der Waals surface area contributed by atoms with Crippen molar-refractivity contribution >= 4 is 5.91 Å². The van der Waals surface area contributed by atoms with Crippen molar-refractivity contribution in [3.05, 3.63) is 34.9 Å². The van der Waals surface area contributed by atoms with Crippen molar-refractivity contribution in [1.82, 2.24) is 4.90 Å². The molecule has 0 bridgehead atoms. The summed E-state index contributed by atoms with van der Waals surface area (Å²) >= 11 is 0. The number of halogens is 2. The summed E-state index contributed by atoms with van der Waals surface area (Å²) in [6.45, 7) is 0.168. The topological polar surface area (TPSA) is 40.5 Å². The van der Waals surface area contributed by atoms with E-state index < -0.39 is 17.7 Å². The molecule has 0 spiro atoms. The Labute approximate surface area is 96.7 Å². The van der Waals surface area contributed by atoms with Crippen LogP contribution in [0.5, 0.6) is 0 Å². The van der Waals surface area contributed by atoms with Crippen LogP contribution in [0.25, 0.3) is 0 Å². The van der Waals surface area contributed by atoms with Crippen LogP contribution in [0.3, 0.4) is 0 Å². The van der Waals surface area contributed by atoms with Gasteiger partial charge in [0.25, 0.3) is 0 Å². The van der Waals surface area contributed by atoms with Gasteiger partial charge >= 0.3 is 0 Å². The normalized spacial score (nSPS) is 27.0. The number of carbonyl (C=O) groups excluding carboxylic acids is 1. The molecule has 1 aromatic rings. The van der Waals surface area contributed by atoms with Gasteiger partial charge in [-0.2, -0.15) is 0 Å². The Morgan fingerprint density at radius 1 is 1.24 bits per heavy atom. The highest BCUT2D eigenvalue weighted by atomic mass is 19.2. The Kier molecular flexibility index (Phi) is 2.19. The van der Waals surface area contributed by atoms with Gasteiger partial charge < -0.3 is 10.0 Å². The van der Waals surface area contributed by atoms with E-state index in [0.29, 0.717) is 24.0 Å². The molecular formula is C12H11F2NO2. The molecule has 2 unspecified atom stereocenters. The molecule has 1 aromatic carbocycles. The number of aliphatic hydroxyl groups is 1. The van der Waals surface area contributed by atoms with Gasteiger partial charge in [-0.05, 0) is 29.7 Å². The summed E-state index contributed by atoms with van der Waals surface area (Å²) < 4.78 is 26.4. The number of hydrogen-bond donors (Lipinski definition) is 1. The first-order valence-electron chi connectivity index (χ1n) is 5.54. The molecule has 0 radical (unpaired) electrons. The second-order valence-electron chi connectivity index (χ2n) is 4.51. The number of rotatable bonds is 0. The summed E-state index contributed by atoms with van der Waals surface area (Å²) in [5, 5.41) is 9.86. The fraction of sp³-hybridized carbons (Fsp3) is 0.417. The number of fused-ring (bicyclic) bond motifs is 3. The lowest BCUT2D eigenvalue weighted by molar-refractivity contribution is -0.131. The number of carbonyl (C=O) groups is 1. The lowest BCUT2D eigenvalue weighted by atomic mass is 9.91. The van der Waals surface area contributed by atoms with E-state index >= 15 is 0 Å². The Balaban J connectivity index is 2.14. The number of aliphatic hydroxyl groups excluding tert-OH is 1. The summed E-state index contributed by atoms with van der Waals surface area (Å²) in [4.78, 5) is 13.1. The second-order valence-corrected chi connectivity index (χ2v) is 4.51. The molecule has 0 aromatic heterocycles. The maximum Gasteiger partial charge on any atom is 0.223 e. The third kappa shape index (κ3) is 1.45. The minimum Gasteiger partial charge on any atom is -0.387 e. The minimum absolute atomic E-state index is 0.0376. The van der Waals surface area contributed by atoms with Gasteiger partial charge in [-0.1, -0.05) is 0 Å². The van der Waals surface area contributed by atoms with Crippen LogP contribution in [0.1, 0.15) is 36.1 Å². The zero-order valence-electron chi connectivity index (χ0n) is 8.99. The van der Waals surface area contributed by atoms with Crippen molar-refractivity contribution in [2.24, 2.45) is 0 Å². The molecule has 3 nitrogen and oxygen atoms in total. The highest BCUT2D eigenvalue weighted by Crippen LogP contribution is 2.42. The second kappa shape index (κ2) is 3.50. The van der Waals surface area contributed by atoms with Crippen LogP contribution in [0.4, 0.5) is 8.78 Å². The van der Waals surface area contributed by atoms with E-state index in [9.17, 15) is 18.7 Å². The predicted octanol–water partition coefficient (Wildman–Crippen LogP) is 1.68. The van der Waals surface area contributed by atoms with Gasteiger partial charge in [0.2, 0.25) is 5.91 Å². The van der Waals surface area contributed by atoms with Crippen LogP contribution < -0.4 is 0 Å². The third-order valence-electron chi connectivity index (χ3n) is 3.54. The zero-order valence-corrected chi connectivity index (χ0v) is 8.99. The van der Waals surface area contributed by atoms with Crippen LogP contribution in [0.2, 0.25) is 0 Å². The largest absolute Gasteiger partial charge is 0.387 e. The van der Waals surface area contributed by atoms with Gasteiger partial charge in [-0.25, -0.2) is 8.78 Å². The molecule has 2 aliphatic rings. The van der Waals surface area contributed by atoms with E-state index in [1.54, 1.807) is 4.90 Å². The molecule has 0 aliphatic carbocycles. The molecule has 1 amide bonds. The first-order chi connectivity index (χ1) is 8.08. The van der Waals surface area contributed by atoms with Crippen LogP contribution in [0, 0.1) is 11.6 Å². The summed E-state index contributed by atoms with van der Waals surface area (Å²) in [7, 11) is 0. The van der Waals surface area contributed by atoms with Crippen LogP contribution in [-0.4, -0.2) is 22.5 Å². The Hall–Kier alpha value is -1.49. The first-order valence-corrected chi connectivity index (χ1v) is 5.54. The minimum atomic E-state index is -0.958. The monoisotopic (exact) mass is 239 g/mol. The average Bonchev–Trinajstić information content (AvgIpc) is 2.64. The summed E-state index contributed by atoms with van der Waals surface area (Å²) in [6, 6.07) is 1.93. The highest BCUT2D eigenvalue weighted by Gasteiger charge is 2.39. The van der Waals surface area contributed by atoms with Gasteiger partial charge in [0.15, 0.2) is 11.6 Å². The van der Waals surface area contributed by atoms with Gasteiger partial charge in [0, 0.05) is 6.42 Å². The summed E-state index contributed by atoms with van der Waals surface area (Å²) in [5.74, 6) is -1.93. The highest BCUT2D eigenvalue weighted by molar-refractivity contribution is 5.79. The fourth-order valence-corrected chi connectivity index (χ4v) is 2.73. The molecule has 1 fully saturated rings. The van der Waals surface area contributed by atoms with E-state index in [4.69, 9.17) is 0 Å². The standard InChI is InChI=1S/C12H11F2NO2/c13-8-3-6-7(4-9(8)14)11(16)5-15-10(6)1-2-12(15)17/h3-4,10-11,16H,1-2,5H2. The molecule has 3 rings (SSSR count). The SMILES string of the molecule is O=C1CCC2c3cc(F)c(F)cc3C(O)CN12. The van der Waals surface area contributed by atoms with Crippen molar-refractivity contribution in [2.75, 3.05) is 6.54 Å². The van der Waals surface area contributed by atoms with Gasteiger partial charge in [-0.3, -0.25) is 4.79 Å². The maximum absolute atomic E-state index is 13.2. The lowest BCUT2D eigenvalue weighted by Gasteiger charge is -2.35. The molecule has 2 heterocycles. The van der Waals surface area contributed by atoms with E-state index in [1.165, 1.54) is 0 Å². The van der Waals surface area contributed by atoms with Crippen molar-refractivity contribution in [1.29, 1.82) is 0 Å². The average molecular weight is 239 g/mol. The lowest BCUT2D eigenvalue weighted by Crippen LogP contribution is -2.37. The van der Waals surface area contributed by atoms with Crippen LogP contribution >= 0.6 is 0 Å². The molecule has 17 heavy (non-hydrogen) atoms. The molecule has 5 heteroatoms. The van der Waals surface area contributed by atoms with Gasteiger partial charge in [-0.15, -0.1) is 0 Å². The Bertz CT molecular complexity index is 504. The van der Waals surface area contributed by atoms with Crippen LogP contribution in [-0.2, 0) is 4.79 Å². The molecule has 1 saturated heterocycles. The summed E-state index contributed by atoms with van der Waals surface area (Å²) in [5.41, 5.74) is 0.938. The zero-order chi connectivity index (χ0) is 12.2. The van der Waals surface area contributed by atoms with Gasteiger partial charge in [0.05, 0.1) is 18.7 Å². The van der Waals surface area contributed by atoms with Crippen molar-refractivity contribution in [3.63, 3.8) is 0 Å². The number of nitrogens with zero attached hydrogens (tertiary/aromatic N) is 1. The summed E-state index contributed by atoms with van der Waals surface area (Å²) in [6.07, 6.45) is 0.0674. The third-order valence-corrected chi connectivity index (χ3v) is 3.54. The fourth-order valence-electron chi connectivity index (χ4n) is 2.73. The van der Waals surface area contributed by atoms with E-state index in [0.717, 1.165) is 12.1 Å². The predicted molar refractivity (Wildman–Crippen MR) is 55.0 cm³/mol. The van der Waals surface area contributed by atoms with Crippen molar-refractivity contribution in [3.8, 4) is 0 Å².